The molecule has 2 N–H and O–H groups in total. The van der Waals surface area contributed by atoms with Gasteiger partial charge in [-0.05, 0) is 49.1 Å². The molecule has 6 nitrogen and oxygen atoms in total. The predicted octanol–water partition coefficient (Wildman–Crippen LogP) is 5.87. The molecule has 2 amide bonds. The van der Waals surface area contributed by atoms with Gasteiger partial charge in [-0.1, -0.05) is 59.3 Å². The fraction of sp³-hybridized carbons (Fsp3) is 0.160. The number of benzene rings is 3. The zero-order chi connectivity index (χ0) is 22.3. The number of carbonyl (C=O) groups excluding carboxylic acids is 1. The number of hydrogen-bond acceptors (Lipinski definition) is 5. The fourth-order valence-corrected chi connectivity index (χ4v) is 3.74. The van der Waals surface area contributed by atoms with Crippen molar-refractivity contribution in [2.75, 3.05) is 11.6 Å². The molecule has 1 unspecified atom stereocenters. The summed E-state index contributed by atoms with van der Waals surface area (Å²) in [6.45, 7) is 2.01. The van der Waals surface area contributed by atoms with Crippen LogP contribution < -0.4 is 10.6 Å². The van der Waals surface area contributed by atoms with E-state index in [-0.39, 0.29) is 6.03 Å². The maximum Gasteiger partial charge on any atom is 0.319 e. The Kier molecular flexibility index (Phi) is 6.87. The zero-order valence-corrected chi connectivity index (χ0v) is 18.7. The first-order chi connectivity index (χ1) is 15.6. The number of amides is 2. The van der Waals surface area contributed by atoms with Gasteiger partial charge in [-0.15, -0.1) is 11.8 Å². The van der Waals surface area contributed by atoms with E-state index in [0.717, 1.165) is 21.6 Å². The molecule has 1 atom stereocenters. The van der Waals surface area contributed by atoms with Crippen LogP contribution in [0.3, 0.4) is 0 Å². The topological polar surface area (TPSA) is 80.0 Å². The Bertz CT molecular complexity index is 1180. The molecule has 3 aromatic carbocycles. The third-order valence-electron chi connectivity index (χ3n) is 4.95. The van der Waals surface area contributed by atoms with Gasteiger partial charge in [0.05, 0.1) is 0 Å². The highest BCUT2D eigenvalue weighted by Gasteiger charge is 2.22. The van der Waals surface area contributed by atoms with Crippen LogP contribution in [0.15, 0.2) is 88.3 Å². The van der Waals surface area contributed by atoms with Gasteiger partial charge in [-0.25, -0.2) is 4.79 Å². The van der Waals surface area contributed by atoms with Crippen LogP contribution in [-0.2, 0) is 6.42 Å². The normalized spacial score (nSPS) is 11.7. The summed E-state index contributed by atoms with van der Waals surface area (Å²) in [6.07, 6.45) is 2.54. The summed E-state index contributed by atoms with van der Waals surface area (Å²) < 4.78 is 5.57. The standard InChI is InChI=1S/C25H24N4O2S/c1-17-7-6-10-19(15-17)23-28-24(31-29-23)22(16-18-8-4-3-5-9-18)27-25(30)26-20-11-13-21(32-2)14-12-20/h3-15,22H,16H2,1-2H3,(H2,26,27,30). The molecule has 32 heavy (non-hydrogen) atoms. The number of aryl methyl sites for hydroxylation is 1. The Hall–Kier alpha value is -3.58. The van der Waals surface area contributed by atoms with Gasteiger partial charge in [0.15, 0.2) is 0 Å². The molecule has 0 aliphatic rings. The molecule has 4 rings (SSSR count). The van der Waals surface area contributed by atoms with Gasteiger partial charge >= 0.3 is 6.03 Å². The molecule has 0 radical (unpaired) electrons. The summed E-state index contributed by atoms with van der Waals surface area (Å²) in [4.78, 5) is 18.5. The average molecular weight is 445 g/mol. The van der Waals surface area contributed by atoms with Gasteiger partial charge in [0.25, 0.3) is 0 Å². The third kappa shape index (κ3) is 5.56. The number of nitrogens with zero attached hydrogens (tertiary/aromatic N) is 2. The van der Waals surface area contributed by atoms with Crippen LogP contribution in [0.4, 0.5) is 10.5 Å². The third-order valence-corrected chi connectivity index (χ3v) is 5.70. The van der Waals surface area contributed by atoms with E-state index in [9.17, 15) is 4.79 Å². The van der Waals surface area contributed by atoms with Crippen LogP contribution in [0.5, 0.6) is 0 Å². The van der Waals surface area contributed by atoms with Crippen LogP contribution in [0.1, 0.15) is 23.1 Å². The van der Waals surface area contributed by atoms with Crippen LogP contribution in [-0.4, -0.2) is 22.4 Å². The Balaban J connectivity index is 1.54. The molecule has 0 fully saturated rings. The van der Waals surface area contributed by atoms with E-state index < -0.39 is 6.04 Å². The first-order valence-corrected chi connectivity index (χ1v) is 11.5. The fourth-order valence-electron chi connectivity index (χ4n) is 3.33. The summed E-state index contributed by atoms with van der Waals surface area (Å²) in [5.74, 6) is 0.856. The molecule has 1 aromatic heterocycles. The maximum absolute atomic E-state index is 12.7. The smallest absolute Gasteiger partial charge is 0.319 e. The molecular weight excluding hydrogens is 420 g/mol. The Morgan fingerprint density at radius 1 is 1.03 bits per heavy atom. The average Bonchev–Trinajstić information content (AvgIpc) is 3.30. The quantitative estimate of drug-likeness (QED) is 0.348. The Morgan fingerprint density at radius 2 is 1.81 bits per heavy atom. The molecule has 0 saturated carbocycles. The van der Waals surface area contributed by atoms with Gasteiger partial charge in [-0.2, -0.15) is 4.98 Å². The summed E-state index contributed by atoms with van der Waals surface area (Å²) in [7, 11) is 0. The minimum absolute atomic E-state index is 0.335. The largest absolute Gasteiger partial charge is 0.337 e. The molecule has 0 aliphatic heterocycles. The van der Waals surface area contributed by atoms with Gasteiger partial charge < -0.3 is 15.2 Å². The SMILES string of the molecule is CSc1ccc(NC(=O)NC(Cc2ccccc2)c2nc(-c3cccc(C)c3)no2)cc1. The number of urea groups is 1. The van der Waals surface area contributed by atoms with Crippen molar-refractivity contribution in [3.8, 4) is 11.4 Å². The maximum atomic E-state index is 12.7. The van der Waals surface area contributed by atoms with E-state index in [2.05, 4.69) is 20.8 Å². The van der Waals surface area contributed by atoms with Crippen molar-refractivity contribution in [1.82, 2.24) is 15.5 Å². The van der Waals surface area contributed by atoms with E-state index in [1.54, 1.807) is 11.8 Å². The zero-order valence-electron chi connectivity index (χ0n) is 17.9. The molecule has 0 saturated heterocycles. The molecule has 0 spiro atoms. The van der Waals surface area contributed by atoms with Crippen molar-refractivity contribution >= 4 is 23.5 Å². The summed E-state index contributed by atoms with van der Waals surface area (Å²) >= 11 is 1.65. The molecule has 4 aromatic rings. The highest BCUT2D eigenvalue weighted by atomic mass is 32.2. The van der Waals surface area contributed by atoms with Crippen molar-refractivity contribution in [1.29, 1.82) is 0 Å². The number of hydrogen-bond donors (Lipinski definition) is 2. The second-order valence-electron chi connectivity index (χ2n) is 7.39. The lowest BCUT2D eigenvalue weighted by Gasteiger charge is -2.16. The number of anilines is 1. The predicted molar refractivity (Wildman–Crippen MR) is 128 cm³/mol. The van der Waals surface area contributed by atoms with Crippen LogP contribution >= 0.6 is 11.8 Å². The van der Waals surface area contributed by atoms with E-state index in [1.165, 1.54) is 0 Å². The van der Waals surface area contributed by atoms with E-state index in [0.29, 0.717) is 23.8 Å². The molecular formula is C25H24N4O2S. The highest BCUT2D eigenvalue weighted by Crippen LogP contribution is 2.23. The number of rotatable bonds is 7. The first kappa shape index (κ1) is 21.6. The van der Waals surface area contributed by atoms with Gasteiger partial charge in [0.2, 0.25) is 11.7 Å². The molecule has 0 aliphatic carbocycles. The second kappa shape index (κ2) is 10.2. The lowest BCUT2D eigenvalue weighted by atomic mass is 10.1. The lowest BCUT2D eigenvalue weighted by molar-refractivity contribution is 0.243. The summed E-state index contributed by atoms with van der Waals surface area (Å²) in [5, 5.41) is 10.00. The van der Waals surface area contributed by atoms with Crippen molar-refractivity contribution in [3.05, 3.63) is 95.9 Å². The Labute approximate surface area is 191 Å². The lowest BCUT2D eigenvalue weighted by Crippen LogP contribution is -2.34. The van der Waals surface area contributed by atoms with Crippen molar-refractivity contribution in [3.63, 3.8) is 0 Å². The van der Waals surface area contributed by atoms with Crippen LogP contribution in [0.2, 0.25) is 0 Å². The minimum Gasteiger partial charge on any atom is -0.337 e. The second-order valence-corrected chi connectivity index (χ2v) is 8.27. The van der Waals surface area contributed by atoms with Crippen LogP contribution in [0.25, 0.3) is 11.4 Å². The van der Waals surface area contributed by atoms with Gasteiger partial charge in [0.1, 0.15) is 6.04 Å². The highest BCUT2D eigenvalue weighted by molar-refractivity contribution is 7.98. The summed E-state index contributed by atoms with van der Waals surface area (Å²) in [5.41, 5.74) is 3.75. The number of carbonyl (C=O) groups is 1. The monoisotopic (exact) mass is 444 g/mol. The molecule has 162 valence electrons. The molecule has 1 heterocycles. The molecule has 7 heteroatoms. The summed E-state index contributed by atoms with van der Waals surface area (Å²) in [6, 6.07) is 24.7. The van der Waals surface area contributed by atoms with Gasteiger partial charge in [0, 0.05) is 22.6 Å². The number of nitrogens with one attached hydrogen (secondary N) is 2. The van der Waals surface area contributed by atoms with Crippen molar-refractivity contribution < 1.29 is 9.32 Å². The van der Waals surface area contributed by atoms with E-state index in [1.807, 2.05) is 92.0 Å². The number of aromatic nitrogens is 2. The first-order valence-electron chi connectivity index (χ1n) is 10.3. The van der Waals surface area contributed by atoms with E-state index in [4.69, 9.17) is 4.52 Å². The van der Waals surface area contributed by atoms with Crippen molar-refractivity contribution in [2.45, 2.75) is 24.3 Å². The minimum atomic E-state index is -0.478. The van der Waals surface area contributed by atoms with E-state index >= 15 is 0 Å². The number of thioether (sulfide) groups is 1. The van der Waals surface area contributed by atoms with Crippen LogP contribution in [0, 0.1) is 6.92 Å². The van der Waals surface area contributed by atoms with Gasteiger partial charge in [-0.3, -0.25) is 0 Å². The molecule has 0 bridgehead atoms. The van der Waals surface area contributed by atoms with Crippen molar-refractivity contribution in [2.24, 2.45) is 0 Å². The Morgan fingerprint density at radius 3 is 2.53 bits per heavy atom.